The van der Waals surface area contributed by atoms with Crippen molar-refractivity contribution in [2.45, 2.75) is 11.8 Å². The standard InChI is InChI=1S/C8H11NS2.2CH3NO2.Zn/c1-2-9-11-10-8-6-4-3-5-7-8;2*2-1(3)4;/h3-7,9H,2H2,1H3;2*2H2,(H,3,4);/q;;;+2/p-2. The molecule has 0 spiro atoms. The van der Waals surface area contributed by atoms with Crippen LogP contribution in [0, 0.1) is 0 Å². The molecule has 0 bridgehead atoms. The number of carbonyl (C=O) groups is 2. The number of carbonyl (C=O) groups excluding carboxylic acids is 2. The average molecular weight is 371 g/mol. The Labute approximate surface area is 138 Å². The van der Waals surface area contributed by atoms with Crippen LogP contribution in [0.2, 0.25) is 0 Å². The maximum Gasteiger partial charge on any atom is 2.00 e. The Morgan fingerprint density at radius 1 is 1.15 bits per heavy atom. The topological polar surface area (TPSA) is 144 Å². The van der Waals surface area contributed by atoms with E-state index >= 15 is 0 Å². The molecule has 0 atom stereocenters. The first-order valence-electron chi connectivity index (χ1n) is 4.94. The summed E-state index contributed by atoms with van der Waals surface area (Å²) in [6.45, 7) is 3.10. The fourth-order valence-corrected chi connectivity index (χ4v) is 2.31. The largest absolute Gasteiger partial charge is 2.00 e. The van der Waals surface area contributed by atoms with E-state index in [0.29, 0.717) is 0 Å². The van der Waals surface area contributed by atoms with Crippen molar-refractivity contribution in [1.29, 1.82) is 0 Å². The molecule has 1 rings (SSSR count). The van der Waals surface area contributed by atoms with E-state index in [9.17, 15) is 0 Å². The van der Waals surface area contributed by atoms with E-state index in [1.165, 1.54) is 4.90 Å². The summed E-state index contributed by atoms with van der Waals surface area (Å²) < 4.78 is 3.18. The van der Waals surface area contributed by atoms with Crippen molar-refractivity contribution >= 4 is 34.0 Å². The van der Waals surface area contributed by atoms with Gasteiger partial charge in [0.05, 0.1) is 0 Å². The molecule has 1 aromatic carbocycles. The molecule has 0 aliphatic carbocycles. The first-order valence-corrected chi connectivity index (χ1v) is 7.09. The van der Waals surface area contributed by atoms with E-state index in [1.807, 2.05) is 6.07 Å². The van der Waals surface area contributed by atoms with Gasteiger partial charge in [-0.2, -0.15) is 0 Å². The summed E-state index contributed by atoms with van der Waals surface area (Å²) in [5, 5.41) is 17.3. The summed E-state index contributed by atoms with van der Waals surface area (Å²) in [7, 11) is 3.42. The Balaban J connectivity index is -0.000000272. The molecule has 0 aromatic heterocycles. The molecule has 0 saturated heterocycles. The first-order chi connectivity index (χ1) is 8.90. The fourth-order valence-electron chi connectivity index (χ4n) is 0.613. The molecule has 1 aromatic rings. The number of primary amides is 2. The molecule has 0 aliphatic heterocycles. The zero-order valence-electron chi connectivity index (χ0n) is 10.9. The van der Waals surface area contributed by atoms with Gasteiger partial charge in [-0.05, 0) is 33.9 Å². The van der Waals surface area contributed by atoms with E-state index < -0.39 is 12.2 Å². The number of nitrogens with one attached hydrogen (secondary N) is 1. The minimum atomic E-state index is -1.58. The Morgan fingerprint density at radius 3 is 1.90 bits per heavy atom. The third-order valence-electron chi connectivity index (χ3n) is 1.08. The number of nitrogens with two attached hydrogens (primary N) is 2. The van der Waals surface area contributed by atoms with Crippen LogP contribution in [0.15, 0.2) is 35.2 Å². The maximum atomic E-state index is 8.67. The molecule has 20 heavy (non-hydrogen) atoms. The van der Waals surface area contributed by atoms with Crippen LogP contribution in [0.5, 0.6) is 0 Å². The smallest absolute Gasteiger partial charge is 0.530 e. The summed E-state index contributed by atoms with van der Waals surface area (Å²) >= 11 is 0. The first kappa shape index (κ1) is 24.1. The van der Waals surface area contributed by atoms with Crippen molar-refractivity contribution in [3.05, 3.63) is 30.3 Å². The molecule has 0 heterocycles. The second-order valence-corrected chi connectivity index (χ2v) is 4.71. The third-order valence-corrected chi connectivity index (χ3v) is 3.22. The van der Waals surface area contributed by atoms with Crippen LogP contribution in [0.3, 0.4) is 0 Å². The van der Waals surface area contributed by atoms with Crippen molar-refractivity contribution in [2.24, 2.45) is 11.5 Å². The van der Waals surface area contributed by atoms with Gasteiger partial charge in [0, 0.05) is 11.4 Å². The SMILES string of the molecule is CCNSSc1ccccc1.NC(=O)[O-].NC(=O)[O-].[Zn+2]. The normalized spacial score (nSPS) is 7.85. The van der Waals surface area contributed by atoms with Crippen LogP contribution < -0.4 is 26.4 Å². The molecule has 0 fully saturated rings. The molecule has 0 saturated carbocycles. The van der Waals surface area contributed by atoms with Crippen LogP contribution in [-0.2, 0) is 19.5 Å². The van der Waals surface area contributed by atoms with E-state index in [2.05, 4.69) is 47.4 Å². The van der Waals surface area contributed by atoms with Crippen LogP contribution >= 0.6 is 21.8 Å². The number of benzene rings is 1. The summed E-state index contributed by atoms with van der Waals surface area (Å²) in [5.41, 5.74) is 7.83. The van der Waals surface area contributed by atoms with Gasteiger partial charge in [0.15, 0.2) is 0 Å². The van der Waals surface area contributed by atoms with Gasteiger partial charge in [-0.1, -0.05) is 25.1 Å². The molecule has 0 radical (unpaired) electrons. The summed E-state index contributed by atoms with van der Waals surface area (Å²) in [6, 6.07) is 10.3. The van der Waals surface area contributed by atoms with Gasteiger partial charge in [0.2, 0.25) is 0 Å². The van der Waals surface area contributed by atoms with Gasteiger partial charge in [0.1, 0.15) is 12.2 Å². The third kappa shape index (κ3) is 30.2. The Kier molecular flexibility index (Phi) is 21.7. The Bertz CT molecular complexity index is 338. The van der Waals surface area contributed by atoms with E-state index in [-0.39, 0.29) is 19.5 Å². The molecule has 10 heteroatoms. The molecule has 2 amide bonds. The molecule has 7 nitrogen and oxygen atoms in total. The van der Waals surface area contributed by atoms with Gasteiger partial charge < -0.3 is 31.3 Å². The molecule has 108 valence electrons. The van der Waals surface area contributed by atoms with Crippen LogP contribution in [0.1, 0.15) is 6.92 Å². The van der Waals surface area contributed by atoms with Gasteiger partial charge in [-0.3, -0.25) is 4.72 Å². The van der Waals surface area contributed by atoms with Crippen LogP contribution in [-0.4, -0.2) is 18.7 Å². The van der Waals surface area contributed by atoms with Crippen molar-refractivity contribution in [3.63, 3.8) is 0 Å². The monoisotopic (exact) mass is 369 g/mol. The van der Waals surface area contributed by atoms with Crippen LogP contribution in [0.25, 0.3) is 0 Å². The molecular formula is C10H15N3O4S2Zn. The van der Waals surface area contributed by atoms with E-state index in [1.54, 1.807) is 21.8 Å². The summed E-state index contributed by atoms with van der Waals surface area (Å²) in [5.74, 6) is 0. The Morgan fingerprint density at radius 2 is 1.55 bits per heavy atom. The average Bonchev–Trinajstić information content (AvgIpc) is 2.29. The second kappa shape index (κ2) is 18.0. The van der Waals surface area contributed by atoms with Gasteiger partial charge in [-0.25, -0.2) is 0 Å². The number of carboxylic acid groups (broad SMARTS) is 2. The zero-order valence-corrected chi connectivity index (χ0v) is 15.5. The van der Waals surface area contributed by atoms with Gasteiger partial charge in [0.25, 0.3) is 0 Å². The molecule has 5 N–H and O–H groups in total. The molecule has 0 aliphatic rings. The predicted molar refractivity (Wildman–Crippen MR) is 72.7 cm³/mol. The van der Waals surface area contributed by atoms with Crippen molar-refractivity contribution in [1.82, 2.24) is 4.72 Å². The zero-order chi connectivity index (χ0) is 15.1. The summed E-state index contributed by atoms with van der Waals surface area (Å²) in [6.07, 6.45) is -3.17. The second-order valence-electron chi connectivity index (χ2n) is 2.62. The van der Waals surface area contributed by atoms with Crippen molar-refractivity contribution < 1.29 is 39.3 Å². The minimum Gasteiger partial charge on any atom is -0.530 e. The van der Waals surface area contributed by atoms with Crippen LogP contribution in [0.4, 0.5) is 9.59 Å². The van der Waals surface area contributed by atoms with Crippen molar-refractivity contribution in [3.8, 4) is 0 Å². The summed E-state index contributed by atoms with van der Waals surface area (Å²) in [4.78, 5) is 18.6. The quantitative estimate of drug-likeness (QED) is 0.281. The van der Waals surface area contributed by atoms with E-state index in [0.717, 1.165) is 6.54 Å². The van der Waals surface area contributed by atoms with Gasteiger partial charge >= 0.3 is 19.5 Å². The Hall–Kier alpha value is -0.957. The fraction of sp³-hybridized carbons (Fsp3) is 0.200. The molecular weight excluding hydrogens is 356 g/mol. The predicted octanol–water partition coefficient (Wildman–Crippen LogP) is -0.474. The number of rotatable bonds is 4. The number of amides is 2. The van der Waals surface area contributed by atoms with Crippen molar-refractivity contribution in [2.75, 3.05) is 6.54 Å². The van der Waals surface area contributed by atoms with E-state index in [4.69, 9.17) is 19.8 Å². The number of hydrogen-bond acceptors (Lipinski definition) is 7. The minimum absolute atomic E-state index is 0. The maximum absolute atomic E-state index is 8.67. The molecule has 0 unspecified atom stereocenters. The number of hydrogen-bond donors (Lipinski definition) is 3. The van der Waals surface area contributed by atoms with Gasteiger partial charge in [-0.15, -0.1) is 0 Å².